The summed E-state index contributed by atoms with van der Waals surface area (Å²) in [4.78, 5) is 7.92. The van der Waals surface area contributed by atoms with Crippen LogP contribution in [0.3, 0.4) is 0 Å². The standard InChI is InChI=1S/C9H13N3O/c1-13-9-11-6-8(7-12-9)4-2-3-5-10/h2,4,6-7H,3,5,10H2,1H3. The molecular weight excluding hydrogens is 166 g/mol. The summed E-state index contributed by atoms with van der Waals surface area (Å²) in [6, 6.07) is 0.385. The molecule has 4 nitrogen and oxygen atoms in total. The van der Waals surface area contributed by atoms with Gasteiger partial charge in [0.25, 0.3) is 0 Å². The van der Waals surface area contributed by atoms with E-state index in [2.05, 4.69) is 9.97 Å². The zero-order valence-electron chi connectivity index (χ0n) is 7.60. The van der Waals surface area contributed by atoms with Crippen molar-refractivity contribution in [3.05, 3.63) is 24.0 Å². The number of rotatable bonds is 4. The van der Waals surface area contributed by atoms with E-state index >= 15 is 0 Å². The zero-order valence-corrected chi connectivity index (χ0v) is 7.60. The lowest BCUT2D eigenvalue weighted by molar-refractivity contribution is 0.379. The molecule has 0 radical (unpaired) electrons. The molecule has 0 saturated heterocycles. The van der Waals surface area contributed by atoms with Crippen LogP contribution in [0.25, 0.3) is 6.08 Å². The molecular formula is C9H13N3O. The molecule has 1 aromatic heterocycles. The van der Waals surface area contributed by atoms with Crippen LogP contribution in [-0.4, -0.2) is 23.6 Å². The fraction of sp³-hybridized carbons (Fsp3) is 0.333. The van der Waals surface area contributed by atoms with Crippen molar-refractivity contribution in [2.75, 3.05) is 13.7 Å². The van der Waals surface area contributed by atoms with Crippen molar-refractivity contribution in [1.82, 2.24) is 9.97 Å². The van der Waals surface area contributed by atoms with Gasteiger partial charge in [0.2, 0.25) is 0 Å². The van der Waals surface area contributed by atoms with Crippen LogP contribution in [0.1, 0.15) is 12.0 Å². The number of ether oxygens (including phenoxy) is 1. The van der Waals surface area contributed by atoms with Gasteiger partial charge in [-0.05, 0) is 13.0 Å². The number of nitrogens with two attached hydrogens (primary N) is 1. The van der Waals surface area contributed by atoms with Gasteiger partial charge in [0.15, 0.2) is 0 Å². The largest absolute Gasteiger partial charge is 0.467 e. The molecule has 4 heteroatoms. The highest BCUT2D eigenvalue weighted by molar-refractivity contribution is 5.46. The van der Waals surface area contributed by atoms with Gasteiger partial charge in [-0.3, -0.25) is 0 Å². The monoisotopic (exact) mass is 179 g/mol. The van der Waals surface area contributed by atoms with Gasteiger partial charge in [-0.1, -0.05) is 12.2 Å². The fourth-order valence-corrected chi connectivity index (χ4v) is 0.833. The minimum absolute atomic E-state index is 0.385. The summed E-state index contributed by atoms with van der Waals surface area (Å²) < 4.78 is 4.83. The predicted molar refractivity (Wildman–Crippen MR) is 51.3 cm³/mol. The topological polar surface area (TPSA) is 61.0 Å². The van der Waals surface area contributed by atoms with Crippen LogP contribution in [0.4, 0.5) is 0 Å². The van der Waals surface area contributed by atoms with E-state index in [0.29, 0.717) is 12.6 Å². The molecule has 13 heavy (non-hydrogen) atoms. The summed E-state index contributed by atoms with van der Waals surface area (Å²) in [7, 11) is 1.54. The molecule has 0 spiro atoms. The van der Waals surface area contributed by atoms with Crippen LogP contribution in [0.5, 0.6) is 6.01 Å². The average Bonchev–Trinajstić information content (AvgIpc) is 2.19. The molecule has 1 rings (SSSR count). The van der Waals surface area contributed by atoms with Crippen molar-refractivity contribution in [3.63, 3.8) is 0 Å². The van der Waals surface area contributed by atoms with Crippen LogP contribution in [0.15, 0.2) is 18.5 Å². The molecule has 0 aliphatic rings. The van der Waals surface area contributed by atoms with E-state index in [9.17, 15) is 0 Å². The summed E-state index contributed by atoms with van der Waals surface area (Å²) in [6.07, 6.45) is 8.21. The van der Waals surface area contributed by atoms with Crippen molar-refractivity contribution in [3.8, 4) is 6.01 Å². The van der Waals surface area contributed by atoms with E-state index in [-0.39, 0.29) is 0 Å². The second kappa shape index (κ2) is 5.27. The average molecular weight is 179 g/mol. The molecule has 0 amide bonds. The highest BCUT2D eigenvalue weighted by Gasteiger charge is 1.91. The fourth-order valence-electron chi connectivity index (χ4n) is 0.833. The Kier molecular flexibility index (Phi) is 3.92. The maximum Gasteiger partial charge on any atom is 0.316 e. The first kappa shape index (κ1) is 9.67. The third-order valence-electron chi connectivity index (χ3n) is 1.47. The Morgan fingerprint density at radius 3 is 2.69 bits per heavy atom. The Morgan fingerprint density at radius 1 is 1.46 bits per heavy atom. The van der Waals surface area contributed by atoms with Crippen molar-refractivity contribution in [2.45, 2.75) is 6.42 Å². The number of hydrogen-bond acceptors (Lipinski definition) is 4. The van der Waals surface area contributed by atoms with Gasteiger partial charge >= 0.3 is 6.01 Å². The summed E-state index contributed by atoms with van der Waals surface area (Å²) in [5.41, 5.74) is 6.29. The van der Waals surface area contributed by atoms with Crippen LogP contribution in [-0.2, 0) is 0 Å². The maximum atomic E-state index is 5.34. The molecule has 0 atom stereocenters. The first-order valence-electron chi connectivity index (χ1n) is 4.09. The number of hydrogen-bond donors (Lipinski definition) is 1. The second-order valence-electron chi connectivity index (χ2n) is 2.48. The van der Waals surface area contributed by atoms with Gasteiger partial charge in [0.05, 0.1) is 7.11 Å². The van der Waals surface area contributed by atoms with Crippen molar-refractivity contribution < 1.29 is 4.74 Å². The van der Waals surface area contributed by atoms with Crippen molar-refractivity contribution >= 4 is 6.08 Å². The first-order valence-corrected chi connectivity index (χ1v) is 4.09. The van der Waals surface area contributed by atoms with Crippen LogP contribution in [0, 0.1) is 0 Å². The smallest absolute Gasteiger partial charge is 0.316 e. The highest BCUT2D eigenvalue weighted by atomic mass is 16.5. The number of aromatic nitrogens is 2. The van der Waals surface area contributed by atoms with Gasteiger partial charge < -0.3 is 10.5 Å². The number of methoxy groups -OCH3 is 1. The summed E-state index contributed by atoms with van der Waals surface area (Å²) in [5, 5.41) is 0. The Bertz CT molecular complexity index is 269. The Morgan fingerprint density at radius 2 is 2.15 bits per heavy atom. The maximum absolute atomic E-state index is 5.34. The van der Waals surface area contributed by atoms with Gasteiger partial charge in [-0.15, -0.1) is 0 Å². The van der Waals surface area contributed by atoms with E-state index < -0.39 is 0 Å². The molecule has 0 aliphatic carbocycles. The molecule has 70 valence electrons. The zero-order chi connectivity index (χ0) is 9.52. The Labute approximate surface area is 77.5 Å². The quantitative estimate of drug-likeness (QED) is 0.744. The lowest BCUT2D eigenvalue weighted by Gasteiger charge is -1.96. The van der Waals surface area contributed by atoms with E-state index in [4.69, 9.17) is 10.5 Å². The third kappa shape index (κ3) is 3.21. The Hall–Kier alpha value is -1.42. The second-order valence-corrected chi connectivity index (χ2v) is 2.48. The van der Waals surface area contributed by atoms with Gasteiger partial charge in [-0.25, -0.2) is 9.97 Å². The van der Waals surface area contributed by atoms with Crippen LogP contribution >= 0.6 is 0 Å². The summed E-state index contributed by atoms with van der Waals surface area (Å²) in [6.45, 7) is 0.660. The van der Waals surface area contributed by atoms with E-state index in [0.717, 1.165) is 12.0 Å². The van der Waals surface area contributed by atoms with E-state index in [1.165, 1.54) is 0 Å². The molecule has 0 aromatic carbocycles. The molecule has 0 saturated carbocycles. The highest BCUT2D eigenvalue weighted by Crippen LogP contribution is 2.03. The molecule has 0 unspecified atom stereocenters. The molecule has 1 aromatic rings. The molecule has 1 heterocycles. The molecule has 0 aliphatic heterocycles. The number of nitrogens with zero attached hydrogens (tertiary/aromatic N) is 2. The third-order valence-corrected chi connectivity index (χ3v) is 1.47. The van der Waals surface area contributed by atoms with E-state index in [1.54, 1.807) is 19.5 Å². The lowest BCUT2D eigenvalue weighted by Crippen LogP contribution is -1.95. The SMILES string of the molecule is COc1ncc(C=CCCN)cn1. The normalized spacial score (nSPS) is 10.6. The molecule has 2 N–H and O–H groups in total. The van der Waals surface area contributed by atoms with Gasteiger partial charge in [-0.2, -0.15) is 0 Å². The van der Waals surface area contributed by atoms with Crippen LogP contribution < -0.4 is 10.5 Å². The van der Waals surface area contributed by atoms with Crippen molar-refractivity contribution in [1.29, 1.82) is 0 Å². The predicted octanol–water partition coefficient (Wildman–Crippen LogP) is 0.847. The van der Waals surface area contributed by atoms with Gasteiger partial charge in [0, 0.05) is 18.0 Å². The van der Waals surface area contributed by atoms with Crippen molar-refractivity contribution in [2.24, 2.45) is 5.73 Å². The minimum Gasteiger partial charge on any atom is -0.467 e. The first-order chi connectivity index (χ1) is 6.36. The van der Waals surface area contributed by atoms with E-state index in [1.807, 2.05) is 12.2 Å². The lowest BCUT2D eigenvalue weighted by atomic mass is 10.3. The van der Waals surface area contributed by atoms with Crippen LogP contribution in [0.2, 0.25) is 0 Å². The molecule has 0 fully saturated rings. The van der Waals surface area contributed by atoms with Gasteiger partial charge in [0.1, 0.15) is 0 Å². The summed E-state index contributed by atoms with van der Waals surface area (Å²) in [5.74, 6) is 0. The Balaban J connectivity index is 2.58. The minimum atomic E-state index is 0.385. The summed E-state index contributed by atoms with van der Waals surface area (Å²) >= 11 is 0. The molecule has 0 bridgehead atoms.